The molecule has 2 N–H and O–H groups in total. The minimum atomic E-state index is -3.12. The number of anilines is 1. The van der Waals surface area contributed by atoms with Crippen molar-refractivity contribution in [3.05, 3.63) is 65.9 Å². The number of rotatable bonds is 9. The molecule has 0 spiro atoms. The van der Waals surface area contributed by atoms with Crippen LogP contribution in [0.2, 0.25) is 0 Å². The van der Waals surface area contributed by atoms with Gasteiger partial charge in [-0.3, -0.25) is 9.59 Å². The van der Waals surface area contributed by atoms with Crippen molar-refractivity contribution in [1.82, 2.24) is 10.3 Å². The van der Waals surface area contributed by atoms with E-state index in [1.807, 2.05) is 0 Å². The fourth-order valence-corrected chi connectivity index (χ4v) is 2.17. The van der Waals surface area contributed by atoms with Gasteiger partial charge in [0.05, 0.1) is 0 Å². The second-order valence-electron chi connectivity index (χ2n) is 6.43. The number of ether oxygens (including phenoxy) is 1. The Labute approximate surface area is 168 Å². The molecular weight excluding hydrogens is 380 g/mol. The molecule has 0 radical (unpaired) electrons. The van der Waals surface area contributed by atoms with Crippen LogP contribution in [0.1, 0.15) is 36.2 Å². The van der Waals surface area contributed by atoms with Gasteiger partial charge < -0.3 is 15.4 Å². The molecule has 1 aromatic heterocycles. The first-order valence-corrected chi connectivity index (χ1v) is 9.01. The molecule has 6 nitrogen and oxygen atoms in total. The normalized spacial score (nSPS) is 10.9. The summed E-state index contributed by atoms with van der Waals surface area (Å²) in [6.45, 7) is 5.64. The van der Waals surface area contributed by atoms with Crippen LogP contribution in [0.5, 0.6) is 5.75 Å². The number of carbonyl (C=O) groups is 2. The van der Waals surface area contributed by atoms with E-state index in [0.717, 1.165) is 5.56 Å². The van der Waals surface area contributed by atoms with Crippen LogP contribution in [0.3, 0.4) is 0 Å². The lowest BCUT2D eigenvalue weighted by Crippen LogP contribution is -2.26. The number of benzene rings is 1. The molecule has 0 fully saturated rings. The van der Waals surface area contributed by atoms with Gasteiger partial charge >= 0.3 is 5.92 Å². The summed E-state index contributed by atoms with van der Waals surface area (Å²) < 4.78 is 32.1. The minimum Gasteiger partial charge on any atom is -0.487 e. The lowest BCUT2D eigenvalue weighted by Gasteiger charge is -2.17. The summed E-state index contributed by atoms with van der Waals surface area (Å²) in [5.41, 5.74) is 0.848. The van der Waals surface area contributed by atoms with Gasteiger partial charge in [0, 0.05) is 24.7 Å². The van der Waals surface area contributed by atoms with E-state index in [1.54, 1.807) is 25.3 Å². The highest BCUT2D eigenvalue weighted by molar-refractivity contribution is 5.94. The van der Waals surface area contributed by atoms with E-state index >= 15 is 0 Å². The molecule has 8 heteroatoms. The third-order valence-electron chi connectivity index (χ3n) is 4.03. The molecule has 0 unspecified atom stereocenters. The Balaban J connectivity index is 1.90. The Kier molecular flexibility index (Phi) is 7.41. The molecule has 2 rings (SSSR count). The van der Waals surface area contributed by atoms with Crippen LogP contribution in [-0.2, 0) is 11.3 Å². The van der Waals surface area contributed by atoms with E-state index in [-0.39, 0.29) is 29.7 Å². The number of aromatic nitrogens is 1. The predicted octanol–water partition coefficient (Wildman–Crippen LogP) is 3.95. The van der Waals surface area contributed by atoms with Gasteiger partial charge in [0.1, 0.15) is 11.6 Å². The number of carbonyl (C=O) groups excluding carboxylic acids is 2. The van der Waals surface area contributed by atoms with Gasteiger partial charge in [-0.05, 0) is 54.5 Å². The standard InChI is InChI=1S/C21H23F2N3O3/c1-4-19(27)26-18-11-15(9-10-24-18)12-25-20(28)16-5-7-17(8-6-16)29-13-21(22,23)14(2)3/h5-11H,2,4,12-13H2,1,3H3,(H,25,28)(H,24,26,27). The molecule has 29 heavy (non-hydrogen) atoms. The molecule has 0 saturated carbocycles. The number of hydrogen-bond acceptors (Lipinski definition) is 4. The summed E-state index contributed by atoms with van der Waals surface area (Å²) in [7, 11) is 0. The summed E-state index contributed by atoms with van der Waals surface area (Å²) >= 11 is 0. The third-order valence-corrected chi connectivity index (χ3v) is 4.03. The highest BCUT2D eigenvalue weighted by Crippen LogP contribution is 2.24. The first kappa shape index (κ1) is 22.0. The number of nitrogens with zero attached hydrogens (tertiary/aromatic N) is 1. The molecule has 0 bridgehead atoms. The Bertz CT molecular complexity index is 883. The van der Waals surface area contributed by atoms with Crippen molar-refractivity contribution in [1.29, 1.82) is 0 Å². The van der Waals surface area contributed by atoms with Crippen LogP contribution >= 0.6 is 0 Å². The molecule has 1 heterocycles. The van der Waals surface area contributed by atoms with Crippen molar-refractivity contribution in [2.24, 2.45) is 0 Å². The van der Waals surface area contributed by atoms with Crippen LogP contribution < -0.4 is 15.4 Å². The van der Waals surface area contributed by atoms with E-state index < -0.39 is 12.5 Å². The van der Waals surface area contributed by atoms with Crippen molar-refractivity contribution in [2.75, 3.05) is 11.9 Å². The summed E-state index contributed by atoms with van der Waals surface area (Å²) in [4.78, 5) is 27.8. The van der Waals surface area contributed by atoms with Crippen LogP contribution in [0.25, 0.3) is 0 Å². The summed E-state index contributed by atoms with van der Waals surface area (Å²) in [6, 6.07) is 9.28. The topological polar surface area (TPSA) is 80.3 Å². The number of halogens is 2. The maximum absolute atomic E-state index is 13.5. The van der Waals surface area contributed by atoms with Gasteiger partial charge in [-0.1, -0.05) is 13.5 Å². The van der Waals surface area contributed by atoms with E-state index in [4.69, 9.17) is 4.74 Å². The molecule has 0 aliphatic carbocycles. The molecule has 2 aromatic rings. The lowest BCUT2D eigenvalue weighted by atomic mass is 10.2. The van der Waals surface area contributed by atoms with Gasteiger partial charge in [0.2, 0.25) is 5.91 Å². The van der Waals surface area contributed by atoms with Crippen molar-refractivity contribution in [3.8, 4) is 5.75 Å². The largest absolute Gasteiger partial charge is 0.487 e. The molecule has 0 aliphatic rings. The predicted molar refractivity (Wildman–Crippen MR) is 106 cm³/mol. The quantitative estimate of drug-likeness (QED) is 0.622. The zero-order valence-electron chi connectivity index (χ0n) is 16.3. The maximum Gasteiger partial charge on any atom is 0.302 e. The van der Waals surface area contributed by atoms with E-state index in [2.05, 4.69) is 22.2 Å². The van der Waals surface area contributed by atoms with Crippen molar-refractivity contribution >= 4 is 17.6 Å². The summed E-state index contributed by atoms with van der Waals surface area (Å²) in [6.07, 6.45) is 1.88. The second-order valence-corrected chi connectivity index (χ2v) is 6.43. The first-order chi connectivity index (χ1) is 13.7. The molecular formula is C21H23F2N3O3. The number of hydrogen-bond donors (Lipinski definition) is 2. The van der Waals surface area contributed by atoms with Crippen LogP contribution in [0, 0.1) is 0 Å². The third kappa shape index (κ3) is 6.67. The Hall–Kier alpha value is -3.29. The Morgan fingerprint density at radius 1 is 1.21 bits per heavy atom. The van der Waals surface area contributed by atoms with Gasteiger partial charge in [-0.2, -0.15) is 8.78 Å². The van der Waals surface area contributed by atoms with Crippen LogP contribution in [0.4, 0.5) is 14.6 Å². The maximum atomic E-state index is 13.5. The molecule has 0 saturated heterocycles. The van der Waals surface area contributed by atoms with E-state index in [9.17, 15) is 18.4 Å². The number of nitrogens with one attached hydrogen (secondary N) is 2. The van der Waals surface area contributed by atoms with Gasteiger partial charge in [0.25, 0.3) is 5.91 Å². The summed E-state index contributed by atoms with van der Waals surface area (Å²) in [5.74, 6) is -2.96. The molecule has 0 atom stereocenters. The van der Waals surface area contributed by atoms with Gasteiger partial charge in [-0.15, -0.1) is 0 Å². The van der Waals surface area contributed by atoms with Gasteiger partial charge in [0.15, 0.2) is 6.61 Å². The zero-order chi connectivity index (χ0) is 21.4. The number of pyridine rings is 1. The number of alkyl halides is 2. The lowest BCUT2D eigenvalue weighted by molar-refractivity contribution is -0.115. The molecule has 0 aliphatic heterocycles. The average molecular weight is 403 g/mol. The van der Waals surface area contributed by atoms with Crippen molar-refractivity contribution in [3.63, 3.8) is 0 Å². The fourth-order valence-electron chi connectivity index (χ4n) is 2.17. The monoisotopic (exact) mass is 403 g/mol. The molecule has 154 valence electrons. The Morgan fingerprint density at radius 2 is 1.90 bits per heavy atom. The Morgan fingerprint density at radius 3 is 2.52 bits per heavy atom. The first-order valence-electron chi connectivity index (χ1n) is 9.01. The van der Waals surface area contributed by atoms with E-state index in [0.29, 0.717) is 17.8 Å². The average Bonchev–Trinajstić information content (AvgIpc) is 2.71. The summed E-state index contributed by atoms with van der Waals surface area (Å²) in [5, 5.41) is 5.40. The van der Waals surface area contributed by atoms with Crippen LogP contribution in [0.15, 0.2) is 54.7 Å². The minimum absolute atomic E-state index is 0.151. The van der Waals surface area contributed by atoms with Crippen molar-refractivity contribution < 1.29 is 23.1 Å². The SMILES string of the molecule is C=C(C)C(F)(F)COc1ccc(C(=O)NCc2ccnc(NC(=O)CC)c2)cc1. The molecule has 2 amide bonds. The van der Waals surface area contributed by atoms with Crippen molar-refractivity contribution in [2.45, 2.75) is 32.7 Å². The number of amides is 2. The highest BCUT2D eigenvalue weighted by atomic mass is 19.3. The highest BCUT2D eigenvalue weighted by Gasteiger charge is 2.31. The fraction of sp³-hybridized carbons (Fsp3) is 0.286. The smallest absolute Gasteiger partial charge is 0.302 e. The second kappa shape index (κ2) is 9.77. The molecule has 1 aromatic carbocycles. The zero-order valence-corrected chi connectivity index (χ0v) is 16.3. The van der Waals surface area contributed by atoms with E-state index in [1.165, 1.54) is 31.2 Å². The van der Waals surface area contributed by atoms with Gasteiger partial charge in [-0.25, -0.2) is 4.98 Å². The van der Waals surface area contributed by atoms with Crippen LogP contribution in [-0.4, -0.2) is 29.3 Å².